The lowest BCUT2D eigenvalue weighted by Gasteiger charge is -2.17. The third-order valence-electron chi connectivity index (χ3n) is 4.53. The highest BCUT2D eigenvalue weighted by atomic mass is 32.2. The minimum atomic E-state index is -3.71. The van der Waals surface area contributed by atoms with E-state index >= 15 is 0 Å². The maximum Gasteiger partial charge on any atom is 0.255 e. The van der Waals surface area contributed by atoms with Crippen LogP contribution < -0.4 is 9.62 Å². The Kier molecular flexibility index (Phi) is 5.06. The Morgan fingerprint density at radius 1 is 1.15 bits per heavy atom. The van der Waals surface area contributed by atoms with E-state index in [4.69, 9.17) is 0 Å². The van der Waals surface area contributed by atoms with Gasteiger partial charge < -0.3 is 5.32 Å². The van der Waals surface area contributed by atoms with Gasteiger partial charge in [0.05, 0.1) is 17.4 Å². The molecule has 1 unspecified atom stereocenters. The molecule has 3 rings (SSSR count). The Balaban J connectivity index is 1.91. The van der Waals surface area contributed by atoms with Gasteiger partial charge in [-0.05, 0) is 35.7 Å². The van der Waals surface area contributed by atoms with Crippen LogP contribution >= 0.6 is 0 Å². The number of carbonyl (C=O) groups is 2. The van der Waals surface area contributed by atoms with Crippen molar-refractivity contribution in [2.75, 3.05) is 15.4 Å². The molecular weight excluding hydrogens is 364 g/mol. The summed E-state index contributed by atoms with van der Waals surface area (Å²) < 4.78 is 25.4. The van der Waals surface area contributed by atoms with Crippen LogP contribution in [0, 0.1) is 5.92 Å². The van der Waals surface area contributed by atoms with Crippen molar-refractivity contribution in [1.29, 1.82) is 0 Å². The number of nitrogens with one attached hydrogen (secondary N) is 1. The fraction of sp³-hybridized carbons (Fsp3) is 0.300. The number of nitrogens with zero attached hydrogens (tertiary/aromatic N) is 1. The molecule has 1 N–H and O–H groups in total. The van der Waals surface area contributed by atoms with E-state index in [1.54, 1.807) is 19.1 Å². The smallest absolute Gasteiger partial charge is 0.255 e. The van der Waals surface area contributed by atoms with Gasteiger partial charge in [-0.15, -0.1) is 0 Å². The molecule has 1 fully saturated rings. The van der Waals surface area contributed by atoms with Crippen molar-refractivity contribution in [3.63, 3.8) is 0 Å². The lowest BCUT2D eigenvalue weighted by atomic mass is 10.0. The molecule has 2 aromatic rings. The van der Waals surface area contributed by atoms with Crippen molar-refractivity contribution in [2.45, 2.75) is 26.7 Å². The molecule has 142 valence electrons. The van der Waals surface area contributed by atoms with Gasteiger partial charge in [0.2, 0.25) is 15.9 Å². The van der Waals surface area contributed by atoms with E-state index in [1.165, 1.54) is 12.1 Å². The summed E-state index contributed by atoms with van der Waals surface area (Å²) in [5, 5.41) is 2.87. The van der Waals surface area contributed by atoms with Crippen LogP contribution in [0.15, 0.2) is 48.5 Å². The van der Waals surface area contributed by atoms with Gasteiger partial charge >= 0.3 is 0 Å². The summed E-state index contributed by atoms with van der Waals surface area (Å²) in [7, 11) is -3.71. The lowest BCUT2D eigenvalue weighted by Crippen LogP contribution is -2.30. The summed E-state index contributed by atoms with van der Waals surface area (Å²) in [6.45, 7) is 5.66. The van der Waals surface area contributed by atoms with Crippen molar-refractivity contribution in [3.8, 4) is 0 Å². The first-order valence-electron chi connectivity index (χ1n) is 8.78. The van der Waals surface area contributed by atoms with Crippen molar-refractivity contribution < 1.29 is 18.0 Å². The molecule has 27 heavy (non-hydrogen) atoms. The predicted molar refractivity (Wildman–Crippen MR) is 105 cm³/mol. The number of amides is 2. The number of hydrogen-bond acceptors (Lipinski definition) is 4. The molecule has 6 nitrogen and oxygen atoms in total. The summed E-state index contributed by atoms with van der Waals surface area (Å²) in [4.78, 5) is 25.0. The molecule has 2 aromatic carbocycles. The van der Waals surface area contributed by atoms with E-state index in [0.717, 1.165) is 9.87 Å². The SMILES string of the molecule is CC1CS(=O)(=O)N(c2cccc(C(=O)Nc3ccccc3C(C)C)c2)C1=O. The monoisotopic (exact) mass is 386 g/mol. The minimum Gasteiger partial charge on any atom is -0.322 e. The van der Waals surface area contributed by atoms with Gasteiger partial charge in [0.15, 0.2) is 0 Å². The predicted octanol–water partition coefficient (Wildman–Crippen LogP) is 3.37. The molecule has 0 aliphatic carbocycles. The Morgan fingerprint density at radius 2 is 1.85 bits per heavy atom. The fourth-order valence-electron chi connectivity index (χ4n) is 3.17. The first-order valence-corrected chi connectivity index (χ1v) is 10.4. The highest BCUT2D eigenvalue weighted by molar-refractivity contribution is 7.94. The maximum atomic E-state index is 12.7. The zero-order valence-corrected chi connectivity index (χ0v) is 16.3. The molecule has 0 bridgehead atoms. The van der Waals surface area contributed by atoms with Crippen LogP contribution in [0.1, 0.15) is 42.6 Å². The third-order valence-corrected chi connectivity index (χ3v) is 6.40. The number of hydrogen-bond donors (Lipinski definition) is 1. The molecule has 7 heteroatoms. The second-order valence-corrected chi connectivity index (χ2v) is 8.89. The molecule has 0 spiro atoms. The quantitative estimate of drug-likeness (QED) is 0.873. The van der Waals surface area contributed by atoms with Crippen LogP contribution in [0.3, 0.4) is 0 Å². The molecule has 1 aliphatic rings. The van der Waals surface area contributed by atoms with Crippen molar-refractivity contribution in [1.82, 2.24) is 0 Å². The Labute approximate surface area is 159 Å². The number of rotatable bonds is 4. The highest BCUT2D eigenvalue weighted by Gasteiger charge is 2.42. The van der Waals surface area contributed by atoms with Crippen LogP contribution in [0.2, 0.25) is 0 Å². The molecule has 0 saturated carbocycles. The van der Waals surface area contributed by atoms with Gasteiger partial charge in [-0.25, -0.2) is 12.7 Å². The second kappa shape index (κ2) is 7.15. The summed E-state index contributed by atoms with van der Waals surface area (Å²) in [6, 6.07) is 13.6. The van der Waals surface area contributed by atoms with Crippen molar-refractivity contribution >= 4 is 33.2 Å². The first-order chi connectivity index (χ1) is 12.7. The standard InChI is InChI=1S/C20H22N2O4S/c1-13(2)17-9-4-5-10-18(17)21-19(23)15-7-6-8-16(11-15)22-20(24)14(3)12-27(22,25)26/h4-11,13-14H,12H2,1-3H3,(H,21,23). The van der Waals surface area contributed by atoms with Gasteiger partial charge in [-0.3, -0.25) is 9.59 Å². The number of para-hydroxylation sites is 1. The van der Waals surface area contributed by atoms with Crippen LogP contribution in [-0.4, -0.2) is 26.0 Å². The molecule has 1 saturated heterocycles. The van der Waals surface area contributed by atoms with Gasteiger partial charge in [0, 0.05) is 11.3 Å². The Hall–Kier alpha value is -2.67. The van der Waals surface area contributed by atoms with E-state index in [9.17, 15) is 18.0 Å². The van der Waals surface area contributed by atoms with Gasteiger partial charge in [-0.1, -0.05) is 45.0 Å². The molecular formula is C20H22N2O4S. The van der Waals surface area contributed by atoms with Crippen LogP contribution in [0.4, 0.5) is 11.4 Å². The summed E-state index contributed by atoms with van der Waals surface area (Å²) in [6.07, 6.45) is 0. The van der Waals surface area contributed by atoms with Gasteiger partial charge in [0.25, 0.3) is 5.91 Å². The lowest BCUT2D eigenvalue weighted by molar-refractivity contribution is -0.119. The van der Waals surface area contributed by atoms with E-state index in [0.29, 0.717) is 5.69 Å². The number of anilines is 2. The maximum absolute atomic E-state index is 12.7. The third kappa shape index (κ3) is 3.73. The average Bonchev–Trinajstić information content (AvgIpc) is 2.82. The first kappa shape index (κ1) is 19.1. The second-order valence-electron chi connectivity index (χ2n) is 7.03. The normalized spacial score (nSPS) is 18.7. The minimum absolute atomic E-state index is 0.189. The van der Waals surface area contributed by atoms with Gasteiger partial charge in [0.1, 0.15) is 0 Å². The summed E-state index contributed by atoms with van der Waals surface area (Å²) in [5.41, 5.74) is 2.19. The zero-order chi connectivity index (χ0) is 19.8. The topological polar surface area (TPSA) is 83.6 Å². The Bertz CT molecular complexity index is 999. The molecule has 1 heterocycles. The Morgan fingerprint density at radius 3 is 2.48 bits per heavy atom. The van der Waals surface area contributed by atoms with E-state index in [1.807, 2.05) is 38.1 Å². The molecule has 1 aliphatic heterocycles. The number of sulfonamides is 1. The molecule has 2 amide bonds. The highest BCUT2D eigenvalue weighted by Crippen LogP contribution is 2.29. The van der Waals surface area contributed by atoms with E-state index < -0.39 is 21.8 Å². The fourth-order valence-corrected chi connectivity index (χ4v) is 4.98. The van der Waals surface area contributed by atoms with Crippen molar-refractivity contribution in [3.05, 3.63) is 59.7 Å². The van der Waals surface area contributed by atoms with Crippen LogP contribution in [-0.2, 0) is 14.8 Å². The zero-order valence-electron chi connectivity index (χ0n) is 15.5. The van der Waals surface area contributed by atoms with Crippen molar-refractivity contribution in [2.24, 2.45) is 5.92 Å². The van der Waals surface area contributed by atoms with Crippen LogP contribution in [0.25, 0.3) is 0 Å². The number of carbonyl (C=O) groups excluding carboxylic acids is 2. The van der Waals surface area contributed by atoms with Crippen LogP contribution in [0.5, 0.6) is 0 Å². The average molecular weight is 386 g/mol. The summed E-state index contributed by atoms with van der Waals surface area (Å²) >= 11 is 0. The number of benzene rings is 2. The largest absolute Gasteiger partial charge is 0.322 e. The summed E-state index contributed by atoms with van der Waals surface area (Å²) in [5.74, 6) is -1.41. The molecule has 1 atom stereocenters. The van der Waals surface area contributed by atoms with E-state index in [-0.39, 0.29) is 28.8 Å². The van der Waals surface area contributed by atoms with E-state index in [2.05, 4.69) is 5.32 Å². The molecule has 0 aromatic heterocycles. The molecule has 0 radical (unpaired) electrons. The van der Waals surface area contributed by atoms with Gasteiger partial charge in [-0.2, -0.15) is 0 Å².